The van der Waals surface area contributed by atoms with Crippen molar-refractivity contribution in [3.63, 3.8) is 0 Å². The van der Waals surface area contributed by atoms with Crippen molar-refractivity contribution >= 4 is 29.5 Å². The summed E-state index contributed by atoms with van der Waals surface area (Å²) >= 11 is 0. The second-order valence-electron chi connectivity index (χ2n) is 7.62. The summed E-state index contributed by atoms with van der Waals surface area (Å²) in [5.41, 5.74) is 6.64. The van der Waals surface area contributed by atoms with Crippen molar-refractivity contribution in [1.29, 1.82) is 5.41 Å². The van der Waals surface area contributed by atoms with Crippen molar-refractivity contribution in [2.75, 3.05) is 27.4 Å². The molecule has 4 amide bonds. The summed E-state index contributed by atoms with van der Waals surface area (Å²) in [7, 11) is 2.90. The molecule has 1 atom stereocenters. The topological polar surface area (TPSA) is 173 Å². The first-order valence-electron chi connectivity index (χ1n) is 11.0. The number of likely N-dealkylation sites (N-methyl/N-ethyl adjacent to an activating group) is 1. The Morgan fingerprint density at radius 1 is 1.11 bits per heavy atom. The Morgan fingerprint density at radius 3 is 2.47 bits per heavy atom. The number of nitrogens with two attached hydrogens (primary N) is 1. The molecular weight excluding hydrogens is 470 g/mol. The zero-order valence-corrected chi connectivity index (χ0v) is 20.0. The van der Waals surface area contributed by atoms with Gasteiger partial charge < -0.3 is 30.6 Å². The van der Waals surface area contributed by atoms with E-state index in [4.69, 9.17) is 25.4 Å². The van der Waals surface area contributed by atoms with Crippen molar-refractivity contribution in [1.82, 2.24) is 15.5 Å². The van der Waals surface area contributed by atoms with Crippen LogP contribution in [0, 0.1) is 5.41 Å². The van der Waals surface area contributed by atoms with Gasteiger partial charge in [0.1, 0.15) is 17.3 Å². The minimum atomic E-state index is -1.51. The highest BCUT2D eigenvalue weighted by Crippen LogP contribution is 2.29. The molecule has 0 fully saturated rings. The van der Waals surface area contributed by atoms with Gasteiger partial charge in [0.15, 0.2) is 6.61 Å². The summed E-state index contributed by atoms with van der Waals surface area (Å²) in [5, 5.41) is 12.7. The third-order valence-corrected chi connectivity index (χ3v) is 5.38. The fourth-order valence-corrected chi connectivity index (χ4v) is 3.49. The zero-order valence-electron chi connectivity index (χ0n) is 20.0. The maximum atomic E-state index is 13.1. The Balaban J connectivity index is 1.81. The van der Waals surface area contributed by atoms with Gasteiger partial charge in [0, 0.05) is 31.3 Å². The van der Waals surface area contributed by atoms with Crippen LogP contribution in [-0.4, -0.2) is 68.0 Å². The highest BCUT2D eigenvalue weighted by atomic mass is 16.5. The van der Waals surface area contributed by atoms with Crippen LogP contribution in [0.1, 0.15) is 38.8 Å². The number of imide groups is 1. The number of nitrogen functional groups attached to an aromatic ring is 1. The molecule has 190 valence electrons. The summed E-state index contributed by atoms with van der Waals surface area (Å²) in [6.07, 6.45) is -1.51. The van der Waals surface area contributed by atoms with E-state index in [0.29, 0.717) is 16.9 Å². The molecule has 12 heteroatoms. The van der Waals surface area contributed by atoms with Crippen molar-refractivity contribution in [2.24, 2.45) is 5.73 Å². The lowest BCUT2D eigenvalue weighted by Crippen LogP contribution is -2.51. The van der Waals surface area contributed by atoms with E-state index in [2.05, 4.69) is 10.6 Å². The van der Waals surface area contributed by atoms with Gasteiger partial charge >= 0.3 is 0 Å². The van der Waals surface area contributed by atoms with Gasteiger partial charge in [-0.2, -0.15) is 0 Å². The molecule has 1 heterocycles. The average molecular weight is 498 g/mol. The van der Waals surface area contributed by atoms with Gasteiger partial charge in [0.25, 0.3) is 23.6 Å². The molecule has 0 bridgehead atoms. The lowest BCUT2D eigenvalue weighted by atomic mass is 10.1. The Hall–Kier alpha value is -4.45. The number of carbonyl (C=O) groups excluding carboxylic acids is 4. The van der Waals surface area contributed by atoms with Crippen LogP contribution in [0.5, 0.6) is 11.5 Å². The number of methoxy groups -OCH3 is 1. The molecule has 0 aromatic heterocycles. The number of rotatable bonds is 11. The van der Waals surface area contributed by atoms with E-state index in [0.717, 1.165) is 4.90 Å². The molecular formula is C24H27N5O7. The molecule has 5 N–H and O–H groups in total. The fourth-order valence-electron chi connectivity index (χ4n) is 3.49. The molecule has 1 unspecified atom stereocenters. The summed E-state index contributed by atoms with van der Waals surface area (Å²) in [6.45, 7) is 1.31. The molecule has 3 rings (SSSR count). The maximum absolute atomic E-state index is 13.1. The SMILES string of the molecule is CCOC(C(=O)NCc1ccc(C(=N)N)cc1OCC(=O)NC)N1C(=O)c2ccc(OC)cc2C1=O. The van der Waals surface area contributed by atoms with Crippen LogP contribution >= 0.6 is 0 Å². The number of hydrogen-bond donors (Lipinski definition) is 4. The monoisotopic (exact) mass is 497 g/mol. The summed E-state index contributed by atoms with van der Waals surface area (Å²) in [6, 6.07) is 9.07. The summed E-state index contributed by atoms with van der Waals surface area (Å²) in [5.74, 6) is -2.02. The lowest BCUT2D eigenvalue weighted by Gasteiger charge is -2.25. The van der Waals surface area contributed by atoms with Crippen LogP contribution in [0.3, 0.4) is 0 Å². The molecule has 2 aromatic rings. The maximum Gasteiger partial charge on any atom is 0.271 e. The van der Waals surface area contributed by atoms with Crippen molar-refractivity contribution in [3.05, 3.63) is 58.7 Å². The lowest BCUT2D eigenvalue weighted by molar-refractivity contribution is -0.140. The van der Waals surface area contributed by atoms with Crippen LogP contribution in [0.15, 0.2) is 36.4 Å². The Kier molecular flexibility index (Phi) is 8.22. The third-order valence-electron chi connectivity index (χ3n) is 5.38. The molecule has 0 aliphatic carbocycles. The summed E-state index contributed by atoms with van der Waals surface area (Å²) in [4.78, 5) is 51.4. The molecule has 0 radical (unpaired) electrons. The van der Waals surface area contributed by atoms with Gasteiger partial charge in [-0.15, -0.1) is 0 Å². The van der Waals surface area contributed by atoms with E-state index in [1.807, 2.05) is 0 Å². The Labute approximate surface area is 207 Å². The number of benzene rings is 2. The summed E-state index contributed by atoms with van der Waals surface area (Å²) < 4.78 is 16.2. The minimum absolute atomic E-state index is 0.0581. The molecule has 0 saturated carbocycles. The van der Waals surface area contributed by atoms with Crippen LogP contribution in [0.4, 0.5) is 0 Å². The third kappa shape index (κ3) is 5.44. The van der Waals surface area contributed by atoms with Gasteiger partial charge in [0.2, 0.25) is 6.23 Å². The number of nitrogens with zero attached hydrogens (tertiary/aromatic N) is 1. The Bertz CT molecular complexity index is 1210. The second-order valence-corrected chi connectivity index (χ2v) is 7.62. The predicted octanol–water partition coefficient (Wildman–Crippen LogP) is 0.379. The second kappa shape index (κ2) is 11.3. The first-order chi connectivity index (χ1) is 17.2. The van der Waals surface area contributed by atoms with Gasteiger partial charge in [-0.1, -0.05) is 12.1 Å². The number of amidine groups is 1. The first-order valence-corrected chi connectivity index (χ1v) is 11.0. The van der Waals surface area contributed by atoms with E-state index in [-0.39, 0.29) is 48.4 Å². The quantitative estimate of drug-likeness (QED) is 0.196. The first kappa shape index (κ1) is 26.2. The van der Waals surface area contributed by atoms with E-state index < -0.39 is 23.9 Å². The standard InChI is InChI=1S/C24H27N5O7/c1-4-35-24(29-22(32)16-8-7-15(34-3)10-17(16)23(29)33)21(31)28-11-14-6-5-13(20(25)26)9-18(14)36-12-19(30)27-2/h5-10,24H,4,11-12H2,1-3H3,(H3,25,26)(H,27,30)(H,28,31). The van der Waals surface area contributed by atoms with E-state index in [1.54, 1.807) is 25.1 Å². The number of amides is 4. The number of ether oxygens (including phenoxy) is 3. The largest absolute Gasteiger partial charge is 0.497 e. The molecule has 0 spiro atoms. The van der Waals surface area contributed by atoms with E-state index in [9.17, 15) is 19.2 Å². The van der Waals surface area contributed by atoms with Crippen molar-refractivity contribution in [2.45, 2.75) is 19.7 Å². The Morgan fingerprint density at radius 2 is 1.83 bits per heavy atom. The number of hydrogen-bond acceptors (Lipinski definition) is 8. The fraction of sp³-hybridized carbons (Fsp3) is 0.292. The zero-order chi connectivity index (χ0) is 26.4. The normalized spacial score (nSPS) is 13.1. The highest BCUT2D eigenvalue weighted by molar-refractivity contribution is 6.22. The highest BCUT2D eigenvalue weighted by Gasteiger charge is 2.43. The van der Waals surface area contributed by atoms with Crippen molar-refractivity contribution in [3.8, 4) is 11.5 Å². The molecule has 0 saturated heterocycles. The smallest absolute Gasteiger partial charge is 0.271 e. The van der Waals surface area contributed by atoms with Crippen LogP contribution < -0.4 is 25.8 Å². The molecule has 1 aliphatic heterocycles. The van der Waals surface area contributed by atoms with E-state index in [1.165, 1.54) is 32.4 Å². The number of fused-ring (bicyclic) bond motifs is 1. The minimum Gasteiger partial charge on any atom is -0.497 e. The van der Waals surface area contributed by atoms with Crippen LogP contribution in [0.2, 0.25) is 0 Å². The van der Waals surface area contributed by atoms with E-state index >= 15 is 0 Å². The van der Waals surface area contributed by atoms with Gasteiger partial charge in [-0.3, -0.25) is 24.6 Å². The van der Waals surface area contributed by atoms with Crippen molar-refractivity contribution < 1.29 is 33.4 Å². The number of nitrogens with one attached hydrogen (secondary N) is 3. The van der Waals surface area contributed by atoms with Gasteiger partial charge in [-0.05, 0) is 31.2 Å². The van der Waals surface area contributed by atoms with Crippen LogP contribution in [-0.2, 0) is 20.9 Å². The van der Waals surface area contributed by atoms with Crippen LogP contribution in [0.25, 0.3) is 0 Å². The molecule has 2 aromatic carbocycles. The number of carbonyl (C=O) groups is 4. The van der Waals surface area contributed by atoms with Gasteiger partial charge in [0.05, 0.1) is 18.2 Å². The molecule has 1 aliphatic rings. The predicted molar refractivity (Wildman–Crippen MR) is 128 cm³/mol. The van der Waals surface area contributed by atoms with Gasteiger partial charge in [-0.25, -0.2) is 4.90 Å². The average Bonchev–Trinajstić information content (AvgIpc) is 3.13. The molecule has 12 nitrogen and oxygen atoms in total. The molecule has 36 heavy (non-hydrogen) atoms.